The minimum atomic E-state index is -0.215. The zero-order chi connectivity index (χ0) is 20.3. The predicted molar refractivity (Wildman–Crippen MR) is 110 cm³/mol. The van der Waals surface area contributed by atoms with Gasteiger partial charge >= 0.3 is 0 Å². The molecule has 3 atom stereocenters. The molecule has 1 amide bonds. The Bertz CT molecular complexity index is 899. The number of nitrogens with one attached hydrogen (secondary N) is 1. The summed E-state index contributed by atoms with van der Waals surface area (Å²) < 4.78 is 10.8. The van der Waals surface area contributed by atoms with Crippen molar-refractivity contribution in [3.05, 3.63) is 65.7 Å². The molecule has 152 valence electrons. The zero-order valence-electron chi connectivity index (χ0n) is 16.8. The van der Waals surface area contributed by atoms with Crippen LogP contribution in [0.4, 0.5) is 0 Å². The lowest BCUT2D eigenvalue weighted by atomic mass is 9.64. The number of hydrogen-bond donors (Lipinski definition) is 1. The molecule has 0 saturated heterocycles. The molecule has 1 aliphatic carbocycles. The van der Waals surface area contributed by atoms with Gasteiger partial charge in [-0.15, -0.1) is 0 Å². The molecule has 6 nitrogen and oxygen atoms in total. The average Bonchev–Trinajstić information content (AvgIpc) is 3.20. The summed E-state index contributed by atoms with van der Waals surface area (Å²) in [5.41, 5.74) is 1.53. The van der Waals surface area contributed by atoms with Crippen LogP contribution >= 0.6 is 0 Å². The minimum absolute atomic E-state index is 0.0479. The number of rotatable bonds is 5. The number of para-hydroxylation sites is 1. The molecule has 1 aliphatic heterocycles. The number of ether oxygens (including phenoxy) is 2. The Labute approximate surface area is 170 Å². The molecule has 2 aliphatic rings. The molecule has 0 spiro atoms. The molecular formula is C23H26N2O4. The topological polar surface area (TPSA) is 69.2 Å². The first-order chi connectivity index (χ1) is 14.2. The van der Waals surface area contributed by atoms with E-state index in [9.17, 15) is 4.79 Å². The third kappa shape index (κ3) is 3.67. The highest BCUT2D eigenvalue weighted by Crippen LogP contribution is 2.45. The Morgan fingerprint density at radius 1 is 1.14 bits per heavy atom. The molecular weight excluding hydrogens is 368 g/mol. The van der Waals surface area contributed by atoms with Gasteiger partial charge in [-0.2, -0.15) is 0 Å². The Balaban J connectivity index is 1.59. The van der Waals surface area contributed by atoms with E-state index in [1.54, 1.807) is 26.4 Å². The lowest BCUT2D eigenvalue weighted by Gasteiger charge is -2.42. The van der Waals surface area contributed by atoms with Crippen LogP contribution in [-0.4, -0.2) is 38.7 Å². The second-order valence-electron chi connectivity index (χ2n) is 7.66. The van der Waals surface area contributed by atoms with Gasteiger partial charge in [-0.05, 0) is 37.0 Å². The van der Waals surface area contributed by atoms with E-state index in [4.69, 9.17) is 14.3 Å². The average molecular weight is 394 g/mol. The van der Waals surface area contributed by atoms with Crippen molar-refractivity contribution in [3.63, 3.8) is 0 Å². The van der Waals surface area contributed by atoms with Crippen LogP contribution in [0.25, 0.3) is 0 Å². The molecule has 1 unspecified atom stereocenters. The first-order valence-corrected chi connectivity index (χ1v) is 9.91. The molecule has 0 bridgehead atoms. The summed E-state index contributed by atoms with van der Waals surface area (Å²) in [6.07, 6.45) is 2.62. The van der Waals surface area contributed by atoms with Crippen LogP contribution in [0.5, 0.6) is 5.75 Å². The van der Waals surface area contributed by atoms with Gasteiger partial charge in [0.25, 0.3) is 5.91 Å². The van der Waals surface area contributed by atoms with Crippen LogP contribution in [0.15, 0.2) is 59.8 Å². The number of benzene rings is 2. The molecule has 1 N–H and O–H groups in total. The zero-order valence-corrected chi connectivity index (χ0v) is 16.8. The largest absolute Gasteiger partial charge is 0.496 e. The van der Waals surface area contributed by atoms with E-state index in [1.807, 2.05) is 30.3 Å². The van der Waals surface area contributed by atoms with Gasteiger partial charge < -0.3 is 19.6 Å². The fourth-order valence-corrected chi connectivity index (χ4v) is 4.52. The first-order valence-electron chi connectivity index (χ1n) is 9.91. The molecule has 2 aromatic rings. The maximum absolute atomic E-state index is 12.9. The molecule has 1 saturated carbocycles. The molecule has 6 heteroatoms. The van der Waals surface area contributed by atoms with Crippen molar-refractivity contribution >= 4 is 11.8 Å². The van der Waals surface area contributed by atoms with Crippen LogP contribution < -0.4 is 10.1 Å². The molecule has 4 rings (SSSR count). The molecule has 1 fully saturated rings. The number of nitrogens with zero attached hydrogens (tertiary/aromatic N) is 1. The summed E-state index contributed by atoms with van der Waals surface area (Å²) in [7, 11) is 3.21. The third-order valence-corrected chi connectivity index (χ3v) is 6.10. The van der Waals surface area contributed by atoms with E-state index in [0.29, 0.717) is 23.8 Å². The fourth-order valence-electron chi connectivity index (χ4n) is 4.52. The van der Waals surface area contributed by atoms with Crippen LogP contribution in [0, 0.1) is 5.92 Å². The number of methoxy groups -OCH3 is 2. The molecule has 2 aromatic carbocycles. The summed E-state index contributed by atoms with van der Waals surface area (Å²) in [5.74, 6) is 1.17. The molecule has 0 aromatic heterocycles. The second-order valence-corrected chi connectivity index (χ2v) is 7.66. The highest BCUT2D eigenvalue weighted by molar-refractivity contribution is 5.97. The van der Waals surface area contributed by atoms with E-state index in [1.165, 1.54) is 5.56 Å². The lowest BCUT2D eigenvalue weighted by Crippen LogP contribution is -2.48. The van der Waals surface area contributed by atoms with Crippen molar-refractivity contribution < 1.29 is 19.1 Å². The standard InChI is InChI=1S/C23H26N2O4/c1-27-19-11-7-6-10-17(19)21(26)24-15-23(16-8-4-3-5-9-16)13-12-20-18(14-23)22(28-2)25-29-20/h3-11,18,20H,12-15H2,1-2H3,(H,24,26)/t18-,20?,23-/m0/s1. The Kier molecular flexibility index (Phi) is 5.43. The first kappa shape index (κ1) is 19.3. The summed E-state index contributed by atoms with van der Waals surface area (Å²) in [6, 6.07) is 17.6. The van der Waals surface area contributed by atoms with Gasteiger partial charge in [0.15, 0.2) is 0 Å². The second kappa shape index (κ2) is 8.15. The number of amides is 1. The Morgan fingerprint density at radius 3 is 2.66 bits per heavy atom. The molecule has 0 radical (unpaired) electrons. The summed E-state index contributed by atoms with van der Waals surface area (Å²) in [5, 5.41) is 7.27. The van der Waals surface area contributed by atoms with Gasteiger partial charge in [0.2, 0.25) is 5.90 Å². The fraction of sp³-hybridized carbons (Fsp3) is 0.391. The number of oxime groups is 1. The third-order valence-electron chi connectivity index (χ3n) is 6.10. The van der Waals surface area contributed by atoms with E-state index in [2.05, 4.69) is 22.6 Å². The number of carbonyl (C=O) groups excluding carboxylic acids is 1. The van der Waals surface area contributed by atoms with Crippen LogP contribution in [0.2, 0.25) is 0 Å². The summed E-state index contributed by atoms with van der Waals surface area (Å²) >= 11 is 0. The Morgan fingerprint density at radius 2 is 1.90 bits per heavy atom. The minimum Gasteiger partial charge on any atom is -0.496 e. The van der Waals surface area contributed by atoms with Gasteiger partial charge in [-0.1, -0.05) is 47.6 Å². The maximum Gasteiger partial charge on any atom is 0.255 e. The highest BCUT2D eigenvalue weighted by atomic mass is 16.7. The van der Waals surface area contributed by atoms with Crippen LogP contribution in [0.3, 0.4) is 0 Å². The van der Waals surface area contributed by atoms with Gasteiger partial charge in [-0.3, -0.25) is 4.79 Å². The number of fused-ring (bicyclic) bond motifs is 1. The van der Waals surface area contributed by atoms with Crippen molar-refractivity contribution in [1.29, 1.82) is 0 Å². The van der Waals surface area contributed by atoms with E-state index >= 15 is 0 Å². The summed E-state index contributed by atoms with van der Waals surface area (Å²) in [4.78, 5) is 18.5. The van der Waals surface area contributed by atoms with Crippen molar-refractivity contribution in [2.75, 3.05) is 20.8 Å². The van der Waals surface area contributed by atoms with Gasteiger partial charge in [0.1, 0.15) is 11.9 Å². The number of carbonyl (C=O) groups is 1. The Hall–Kier alpha value is -3.02. The van der Waals surface area contributed by atoms with Crippen molar-refractivity contribution in [1.82, 2.24) is 5.32 Å². The highest BCUT2D eigenvalue weighted by Gasteiger charge is 2.48. The number of hydrogen-bond acceptors (Lipinski definition) is 5. The van der Waals surface area contributed by atoms with Crippen molar-refractivity contribution in [3.8, 4) is 5.75 Å². The quantitative estimate of drug-likeness (QED) is 0.842. The maximum atomic E-state index is 12.9. The van der Waals surface area contributed by atoms with Crippen molar-refractivity contribution in [2.24, 2.45) is 11.1 Å². The SMILES string of the molecule is COC1=NOC2CC[C@](CNC(=O)c3ccccc3OC)(c3ccccc3)C[C@H]12. The van der Waals surface area contributed by atoms with Crippen LogP contribution in [-0.2, 0) is 15.0 Å². The van der Waals surface area contributed by atoms with E-state index in [0.717, 1.165) is 19.3 Å². The van der Waals surface area contributed by atoms with Crippen molar-refractivity contribution in [2.45, 2.75) is 30.8 Å². The van der Waals surface area contributed by atoms with Gasteiger partial charge in [0.05, 0.1) is 25.7 Å². The van der Waals surface area contributed by atoms with E-state index in [-0.39, 0.29) is 23.3 Å². The van der Waals surface area contributed by atoms with Crippen LogP contribution in [0.1, 0.15) is 35.2 Å². The monoisotopic (exact) mass is 394 g/mol. The molecule has 29 heavy (non-hydrogen) atoms. The summed E-state index contributed by atoms with van der Waals surface area (Å²) in [6.45, 7) is 0.522. The smallest absolute Gasteiger partial charge is 0.255 e. The lowest BCUT2D eigenvalue weighted by molar-refractivity contribution is 0.0193. The van der Waals surface area contributed by atoms with E-state index < -0.39 is 0 Å². The predicted octanol–water partition coefficient (Wildman–Crippen LogP) is 3.52. The van der Waals surface area contributed by atoms with Gasteiger partial charge in [-0.25, -0.2) is 0 Å². The normalized spacial score (nSPS) is 25.4. The van der Waals surface area contributed by atoms with Gasteiger partial charge in [0, 0.05) is 12.0 Å². The molecule has 1 heterocycles.